The zero-order valence-corrected chi connectivity index (χ0v) is 20.7. The summed E-state index contributed by atoms with van der Waals surface area (Å²) in [6, 6.07) is 10.3. The molecule has 3 rings (SSSR count). The molecule has 2 aliphatic rings. The zero-order valence-electron chi connectivity index (χ0n) is 19.8. The Bertz CT molecular complexity index is 760. The fourth-order valence-corrected chi connectivity index (χ4v) is 9.03. The first kappa shape index (κ1) is 24.4. The molecule has 1 aromatic rings. The second kappa shape index (κ2) is 10.1. The van der Waals surface area contributed by atoms with Gasteiger partial charge in [0.25, 0.3) is 7.59 Å². The molecule has 1 saturated heterocycles. The lowest BCUT2D eigenvalue weighted by atomic mass is 9.89. The van der Waals surface area contributed by atoms with Crippen LogP contribution in [0, 0.1) is 0 Å². The standard InChI is InChI=1S/C23H39N4O3P/c1-17(2)26-21-14-10-11-15-22(21)27(18(3)4)31(26,29)24-20(16-23(28)25(5)30-6)19-12-8-7-9-13-19/h7-9,12-13,17-18,20-22H,10-11,14-16H2,1-6H3,(H,24,29)/t20-,21+,22+/m1/s1. The highest BCUT2D eigenvalue weighted by Gasteiger charge is 2.57. The van der Waals surface area contributed by atoms with Gasteiger partial charge in [-0.05, 0) is 46.1 Å². The third kappa shape index (κ3) is 4.91. The van der Waals surface area contributed by atoms with Crippen LogP contribution >= 0.6 is 7.59 Å². The van der Waals surface area contributed by atoms with Crippen molar-refractivity contribution in [2.45, 2.75) is 90.0 Å². The molecule has 1 saturated carbocycles. The number of benzene rings is 1. The van der Waals surface area contributed by atoms with Crippen LogP contribution < -0.4 is 5.09 Å². The molecule has 3 atom stereocenters. The average molecular weight is 451 g/mol. The van der Waals surface area contributed by atoms with E-state index in [0.717, 1.165) is 18.4 Å². The second-order valence-electron chi connectivity index (χ2n) is 9.28. The van der Waals surface area contributed by atoms with Crippen LogP contribution in [0.3, 0.4) is 0 Å². The Morgan fingerprint density at radius 1 is 1.10 bits per heavy atom. The van der Waals surface area contributed by atoms with Crippen molar-refractivity contribution in [1.29, 1.82) is 0 Å². The molecule has 1 aliphatic heterocycles. The topological polar surface area (TPSA) is 65.1 Å². The maximum absolute atomic E-state index is 14.9. The molecule has 174 valence electrons. The van der Waals surface area contributed by atoms with Crippen molar-refractivity contribution >= 4 is 13.5 Å². The summed E-state index contributed by atoms with van der Waals surface area (Å²) in [5, 5.41) is 4.78. The SMILES string of the molecule is CON(C)C(=O)C[C@@H](NP1(=O)N(C(C)C)[C@H]2CCCC[C@@H]2N1C(C)C)c1ccccc1. The van der Waals surface area contributed by atoms with Gasteiger partial charge in [-0.1, -0.05) is 43.2 Å². The van der Waals surface area contributed by atoms with Gasteiger partial charge in [-0.15, -0.1) is 0 Å². The fraction of sp³-hybridized carbons (Fsp3) is 0.696. The van der Waals surface area contributed by atoms with E-state index in [1.54, 1.807) is 7.05 Å². The first-order chi connectivity index (χ1) is 14.7. The third-order valence-electron chi connectivity index (χ3n) is 6.59. The van der Waals surface area contributed by atoms with Crippen LogP contribution in [0.15, 0.2) is 30.3 Å². The number of fused-ring (bicyclic) bond motifs is 1. The lowest BCUT2D eigenvalue weighted by Crippen LogP contribution is -2.43. The molecule has 0 aromatic heterocycles. The summed E-state index contributed by atoms with van der Waals surface area (Å²) in [5.41, 5.74) is 0.956. The maximum atomic E-state index is 14.9. The first-order valence-electron chi connectivity index (χ1n) is 11.5. The minimum Gasteiger partial charge on any atom is -0.275 e. The van der Waals surface area contributed by atoms with Gasteiger partial charge in [-0.2, -0.15) is 0 Å². The summed E-state index contributed by atoms with van der Waals surface area (Å²) in [7, 11) is -0.0309. The van der Waals surface area contributed by atoms with Crippen molar-refractivity contribution < 1.29 is 14.2 Å². The van der Waals surface area contributed by atoms with E-state index in [-0.39, 0.29) is 42.5 Å². The minimum absolute atomic E-state index is 0.140. The molecule has 1 N–H and O–H groups in total. The van der Waals surface area contributed by atoms with Gasteiger partial charge in [-0.3, -0.25) is 14.2 Å². The molecule has 8 heteroatoms. The molecule has 1 aliphatic carbocycles. The van der Waals surface area contributed by atoms with E-state index in [4.69, 9.17) is 4.84 Å². The van der Waals surface area contributed by atoms with Crippen LogP contribution in [0.5, 0.6) is 0 Å². The predicted octanol–water partition coefficient (Wildman–Crippen LogP) is 4.58. The van der Waals surface area contributed by atoms with E-state index in [0.29, 0.717) is 0 Å². The second-order valence-corrected chi connectivity index (χ2v) is 11.6. The molecule has 31 heavy (non-hydrogen) atoms. The molecular weight excluding hydrogens is 411 g/mol. The van der Waals surface area contributed by atoms with Crippen molar-refractivity contribution in [3.05, 3.63) is 35.9 Å². The Kier molecular flexibility index (Phi) is 7.98. The highest BCUT2D eigenvalue weighted by atomic mass is 31.2. The summed E-state index contributed by atoms with van der Waals surface area (Å²) in [6.45, 7) is 8.52. The van der Waals surface area contributed by atoms with Crippen molar-refractivity contribution in [1.82, 2.24) is 19.5 Å². The van der Waals surface area contributed by atoms with Crippen LogP contribution in [0.2, 0.25) is 0 Å². The highest BCUT2D eigenvalue weighted by Crippen LogP contribution is 2.63. The van der Waals surface area contributed by atoms with Gasteiger partial charge in [0, 0.05) is 43.7 Å². The van der Waals surface area contributed by atoms with Crippen molar-refractivity contribution in [3.63, 3.8) is 0 Å². The molecule has 1 heterocycles. The van der Waals surface area contributed by atoms with Gasteiger partial charge < -0.3 is 0 Å². The Morgan fingerprint density at radius 3 is 2.06 bits per heavy atom. The molecule has 0 bridgehead atoms. The van der Waals surface area contributed by atoms with E-state index in [1.165, 1.54) is 25.0 Å². The van der Waals surface area contributed by atoms with Gasteiger partial charge in [0.2, 0.25) is 5.91 Å². The molecule has 0 spiro atoms. The maximum Gasteiger partial charge on any atom is 0.285 e. The Morgan fingerprint density at radius 2 is 1.61 bits per heavy atom. The molecule has 0 radical (unpaired) electrons. The predicted molar refractivity (Wildman–Crippen MR) is 124 cm³/mol. The number of hydrogen-bond donors (Lipinski definition) is 1. The largest absolute Gasteiger partial charge is 0.285 e. The van der Waals surface area contributed by atoms with E-state index in [9.17, 15) is 9.36 Å². The van der Waals surface area contributed by atoms with Crippen LogP contribution in [0.4, 0.5) is 0 Å². The summed E-state index contributed by atoms with van der Waals surface area (Å²) >= 11 is 0. The molecule has 1 amide bonds. The monoisotopic (exact) mass is 450 g/mol. The van der Waals surface area contributed by atoms with Gasteiger partial charge in [0.05, 0.1) is 7.11 Å². The van der Waals surface area contributed by atoms with Crippen LogP contribution in [-0.4, -0.2) is 58.6 Å². The minimum atomic E-state index is -3.12. The van der Waals surface area contributed by atoms with Gasteiger partial charge in [0.15, 0.2) is 0 Å². The number of carbonyl (C=O) groups excluding carboxylic acids is 1. The molecule has 0 unspecified atom stereocenters. The molecular formula is C23H39N4O3P. The lowest BCUT2D eigenvalue weighted by Gasteiger charge is -2.38. The van der Waals surface area contributed by atoms with Crippen LogP contribution in [0.1, 0.15) is 71.4 Å². The number of nitrogens with zero attached hydrogens (tertiary/aromatic N) is 3. The summed E-state index contributed by atoms with van der Waals surface area (Å²) in [6.07, 6.45) is 4.66. The summed E-state index contributed by atoms with van der Waals surface area (Å²) in [4.78, 5) is 17.9. The number of carbonyl (C=O) groups is 1. The van der Waals surface area contributed by atoms with E-state index < -0.39 is 7.59 Å². The smallest absolute Gasteiger partial charge is 0.275 e. The summed E-state index contributed by atoms with van der Waals surface area (Å²) in [5.74, 6) is -0.153. The third-order valence-corrected chi connectivity index (χ3v) is 10.0. The highest BCUT2D eigenvalue weighted by molar-refractivity contribution is 7.57. The van der Waals surface area contributed by atoms with E-state index in [2.05, 4.69) is 42.1 Å². The Hall–Kier alpha value is -1.24. The zero-order chi connectivity index (χ0) is 22.8. The van der Waals surface area contributed by atoms with Crippen molar-refractivity contribution in [3.8, 4) is 0 Å². The molecule has 7 nitrogen and oxygen atoms in total. The van der Waals surface area contributed by atoms with Gasteiger partial charge in [-0.25, -0.2) is 19.5 Å². The quantitative estimate of drug-likeness (QED) is 0.462. The van der Waals surface area contributed by atoms with Crippen molar-refractivity contribution in [2.24, 2.45) is 0 Å². The molecule has 2 fully saturated rings. The van der Waals surface area contributed by atoms with E-state index >= 15 is 0 Å². The van der Waals surface area contributed by atoms with Gasteiger partial charge >= 0.3 is 0 Å². The number of nitrogens with one attached hydrogen (secondary N) is 1. The first-order valence-corrected chi connectivity index (χ1v) is 13.1. The average Bonchev–Trinajstić information content (AvgIpc) is 3.01. The number of hydrogen-bond acceptors (Lipinski definition) is 3. The number of amides is 1. The summed E-state index contributed by atoms with van der Waals surface area (Å²) < 4.78 is 19.4. The van der Waals surface area contributed by atoms with Crippen LogP contribution in [0.25, 0.3) is 0 Å². The Labute approximate surface area is 187 Å². The lowest BCUT2D eigenvalue weighted by molar-refractivity contribution is -0.169. The number of rotatable bonds is 8. The number of hydroxylamine groups is 2. The van der Waals surface area contributed by atoms with E-state index in [1.807, 2.05) is 30.3 Å². The fourth-order valence-electron chi connectivity index (χ4n) is 5.29. The van der Waals surface area contributed by atoms with Gasteiger partial charge in [0.1, 0.15) is 0 Å². The molecule has 1 aromatic carbocycles. The normalized spacial score (nSPS) is 25.0. The Balaban J connectivity index is 2.01. The van der Waals surface area contributed by atoms with Crippen molar-refractivity contribution in [2.75, 3.05) is 14.2 Å². The van der Waals surface area contributed by atoms with Crippen LogP contribution in [-0.2, 0) is 14.2 Å².